The number of hydrogen-bond acceptors (Lipinski definition) is 6. The van der Waals surface area contributed by atoms with Crippen molar-refractivity contribution in [2.24, 2.45) is 17.3 Å². The number of ether oxygens (including phenoxy) is 2. The van der Waals surface area contributed by atoms with E-state index in [0.29, 0.717) is 44.8 Å². The maximum atomic E-state index is 12.8. The molecular weight excluding hydrogens is 560 g/mol. The van der Waals surface area contributed by atoms with Crippen molar-refractivity contribution in [3.8, 4) is 5.75 Å². The van der Waals surface area contributed by atoms with Crippen molar-refractivity contribution in [3.05, 3.63) is 44.2 Å². The number of esters is 1. The summed E-state index contributed by atoms with van der Waals surface area (Å²) in [7, 11) is 1.38. The quantitative estimate of drug-likeness (QED) is 0.265. The molecule has 1 aliphatic rings. The van der Waals surface area contributed by atoms with Crippen LogP contribution < -0.4 is 15.4 Å². The third-order valence-corrected chi connectivity index (χ3v) is 8.47. The predicted octanol–water partition coefficient (Wildman–Crippen LogP) is 7.00. The van der Waals surface area contributed by atoms with Crippen LogP contribution in [0.4, 0.5) is 5.00 Å². The van der Waals surface area contributed by atoms with Gasteiger partial charge in [0.25, 0.3) is 5.91 Å². The number of thiocarbonyl (C=S) groups is 1. The van der Waals surface area contributed by atoms with Crippen LogP contribution in [-0.4, -0.2) is 30.7 Å². The van der Waals surface area contributed by atoms with Gasteiger partial charge < -0.3 is 14.8 Å². The number of thiophene rings is 1. The molecule has 9 heteroatoms. The van der Waals surface area contributed by atoms with E-state index in [2.05, 4.69) is 61.2 Å². The second kappa shape index (κ2) is 12.0. The predicted molar refractivity (Wildman–Crippen MR) is 153 cm³/mol. The molecule has 0 radical (unpaired) electrons. The number of amides is 1. The van der Waals surface area contributed by atoms with Crippen LogP contribution in [0, 0.1) is 17.3 Å². The lowest BCUT2D eigenvalue weighted by atomic mass is 9.72. The molecule has 0 aliphatic heterocycles. The van der Waals surface area contributed by atoms with Crippen molar-refractivity contribution in [2.75, 3.05) is 19.0 Å². The molecule has 1 amide bonds. The summed E-state index contributed by atoms with van der Waals surface area (Å²) in [5.74, 6) is 1.03. The van der Waals surface area contributed by atoms with E-state index in [1.165, 1.54) is 23.3 Å². The Hall–Kier alpha value is -1.97. The Labute approximate surface area is 231 Å². The van der Waals surface area contributed by atoms with Crippen molar-refractivity contribution in [3.63, 3.8) is 0 Å². The second-order valence-electron chi connectivity index (χ2n) is 10.6. The topological polar surface area (TPSA) is 76.7 Å². The minimum Gasteiger partial charge on any atom is -0.492 e. The minimum atomic E-state index is -0.393. The highest BCUT2D eigenvalue weighted by Crippen LogP contribution is 2.44. The van der Waals surface area contributed by atoms with Gasteiger partial charge in [0.05, 0.1) is 23.8 Å². The van der Waals surface area contributed by atoms with Gasteiger partial charge in [-0.3, -0.25) is 10.1 Å². The molecule has 0 bridgehead atoms. The average Bonchev–Trinajstić information content (AvgIpc) is 3.15. The van der Waals surface area contributed by atoms with Crippen LogP contribution in [0.25, 0.3) is 0 Å². The number of carbonyl (C=O) groups excluding carboxylic acids is 2. The minimum absolute atomic E-state index is 0.129. The summed E-state index contributed by atoms with van der Waals surface area (Å²) < 4.78 is 11.6. The van der Waals surface area contributed by atoms with E-state index >= 15 is 0 Å². The standard InChI is InChI=1S/C27H35BrN2O4S2/c1-15(2)11-12-34-20-10-7-16(13-19(20)28)23(31)29-26(35)30-24-22(25(32)33-6)18-9-8-17(27(3,4)5)14-21(18)36-24/h7,10,13,15,17H,8-9,11-12,14H2,1-6H3,(H2,29,30,31,35). The fourth-order valence-corrected chi connectivity index (χ4v) is 6.28. The lowest BCUT2D eigenvalue weighted by Crippen LogP contribution is -2.34. The zero-order valence-electron chi connectivity index (χ0n) is 21.7. The third-order valence-electron chi connectivity index (χ3n) is 6.48. The molecule has 0 spiro atoms. The Morgan fingerprint density at radius 1 is 1.28 bits per heavy atom. The van der Waals surface area contributed by atoms with E-state index in [0.717, 1.165) is 31.2 Å². The van der Waals surface area contributed by atoms with E-state index in [4.69, 9.17) is 21.7 Å². The molecule has 3 rings (SSSR count). The van der Waals surface area contributed by atoms with E-state index < -0.39 is 5.97 Å². The molecule has 2 N–H and O–H groups in total. The van der Waals surface area contributed by atoms with E-state index in [1.54, 1.807) is 18.2 Å². The molecule has 1 aromatic heterocycles. The van der Waals surface area contributed by atoms with Crippen LogP contribution in [-0.2, 0) is 17.6 Å². The molecule has 1 aliphatic carbocycles. The highest BCUT2D eigenvalue weighted by molar-refractivity contribution is 9.10. The molecule has 36 heavy (non-hydrogen) atoms. The molecule has 0 saturated heterocycles. The summed E-state index contributed by atoms with van der Waals surface area (Å²) in [4.78, 5) is 26.7. The largest absolute Gasteiger partial charge is 0.492 e. The van der Waals surface area contributed by atoms with Crippen molar-refractivity contribution in [2.45, 2.75) is 60.3 Å². The number of rotatable bonds is 7. The van der Waals surface area contributed by atoms with Gasteiger partial charge in [0, 0.05) is 10.4 Å². The van der Waals surface area contributed by atoms with Crippen LogP contribution in [0.5, 0.6) is 5.75 Å². The van der Waals surface area contributed by atoms with Gasteiger partial charge in [-0.05, 0) is 94.8 Å². The molecule has 6 nitrogen and oxygen atoms in total. The molecule has 1 unspecified atom stereocenters. The number of anilines is 1. The number of hydrogen-bond donors (Lipinski definition) is 2. The van der Waals surface area contributed by atoms with Gasteiger partial charge in [0.1, 0.15) is 10.8 Å². The van der Waals surface area contributed by atoms with Gasteiger partial charge in [0.2, 0.25) is 0 Å². The molecule has 0 fully saturated rings. The Balaban J connectivity index is 1.71. The number of nitrogens with one attached hydrogen (secondary N) is 2. The molecular formula is C27H35BrN2O4S2. The van der Waals surface area contributed by atoms with E-state index in [1.807, 2.05) is 0 Å². The Kier molecular flexibility index (Phi) is 9.57. The summed E-state index contributed by atoms with van der Waals surface area (Å²) in [6.07, 6.45) is 3.70. The van der Waals surface area contributed by atoms with Crippen molar-refractivity contribution in [1.82, 2.24) is 5.32 Å². The molecule has 2 aromatic rings. The summed E-state index contributed by atoms with van der Waals surface area (Å²) >= 11 is 10.4. The fraction of sp³-hybridized carbons (Fsp3) is 0.519. The van der Waals surface area contributed by atoms with Crippen LogP contribution in [0.15, 0.2) is 22.7 Å². The van der Waals surface area contributed by atoms with Gasteiger partial charge in [0.15, 0.2) is 5.11 Å². The first-order valence-electron chi connectivity index (χ1n) is 12.2. The first kappa shape index (κ1) is 28.6. The summed E-state index contributed by atoms with van der Waals surface area (Å²) in [5, 5.41) is 6.55. The highest BCUT2D eigenvalue weighted by Gasteiger charge is 2.34. The van der Waals surface area contributed by atoms with Gasteiger partial charge >= 0.3 is 5.97 Å². The normalized spacial score (nSPS) is 15.3. The Morgan fingerprint density at radius 3 is 2.61 bits per heavy atom. The van der Waals surface area contributed by atoms with Crippen LogP contribution >= 0.6 is 39.5 Å². The maximum Gasteiger partial charge on any atom is 0.341 e. The molecule has 0 saturated carbocycles. The van der Waals surface area contributed by atoms with Gasteiger partial charge in [-0.25, -0.2) is 4.79 Å². The fourth-order valence-electron chi connectivity index (χ4n) is 4.20. The number of methoxy groups -OCH3 is 1. The van der Waals surface area contributed by atoms with E-state index in [-0.39, 0.29) is 16.4 Å². The maximum absolute atomic E-state index is 12.8. The van der Waals surface area contributed by atoms with Gasteiger partial charge in [-0.15, -0.1) is 11.3 Å². The number of fused-ring (bicyclic) bond motifs is 1. The second-order valence-corrected chi connectivity index (χ2v) is 13.0. The molecule has 1 aromatic carbocycles. The molecule has 196 valence electrons. The first-order chi connectivity index (χ1) is 16.9. The summed E-state index contributed by atoms with van der Waals surface area (Å²) in [6.45, 7) is 11.7. The smallest absolute Gasteiger partial charge is 0.341 e. The summed E-state index contributed by atoms with van der Waals surface area (Å²) in [5.41, 5.74) is 2.18. The number of carbonyl (C=O) groups is 2. The molecule has 1 atom stereocenters. The average molecular weight is 596 g/mol. The molecule has 1 heterocycles. The van der Waals surface area contributed by atoms with E-state index in [9.17, 15) is 9.59 Å². The van der Waals surface area contributed by atoms with Gasteiger partial charge in [-0.1, -0.05) is 34.6 Å². The zero-order valence-corrected chi connectivity index (χ0v) is 25.0. The Morgan fingerprint density at radius 2 is 2.00 bits per heavy atom. The van der Waals surface area contributed by atoms with Gasteiger partial charge in [-0.2, -0.15) is 0 Å². The van der Waals surface area contributed by atoms with Crippen LogP contribution in [0.1, 0.15) is 78.6 Å². The first-order valence-corrected chi connectivity index (χ1v) is 14.2. The lowest BCUT2D eigenvalue weighted by Gasteiger charge is -2.33. The van der Waals surface area contributed by atoms with Crippen molar-refractivity contribution >= 4 is 61.5 Å². The Bertz CT molecular complexity index is 1140. The van der Waals surface area contributed by atoms with Crippen LogP contribution in [0.3, 0.4) is 0 Å². The third kappa shape index (κ3) is 7.07. The summed E-state index contributed by atoms with van der Waals surface area (Å²) in [6, 6.07) is 5.17. The monoisotopic (exact) mass is 594 g/mol. The number of halogens is 1. The van der Waals surface area contributed by atoms with Crippen molar-refractivity contribution in [1.29, 1.82) is 0 Å². The number of benzene rings is 1. The highest BCUT2D eigenvalue weighted by atomic mass is 79.9. The van der Waals surface area contributed by atoms with Crippen LogP contribution in [0.2, 0.25) is 0 Å². The van der Waals surface area contributed by atoms with Crippen molar-refractivity contribution < 1.29 is 19.1 Å². The zero-order chi connectivity index (χ0) is 26.6. The lowest BCUT2D eigenvalue weighted by molar-refractivity contribution is 0.0600. The SMILES string of the molecule is COC(=O)c1c(NC(=S)NC(=O)c2ccc(OCCC(C)C)c(Br)c2)sc2c1CCC(C(C)(C)C)C2.